The lowest BCUT2D eigenvalue weighted by molar-refractivity contribution is 0.588. The first-order valence-electron chi connectivity index (χ1n) is 9.51. The van der Waals surface area contributed by atoms with E-state index >= 15 is 0 Å². The van der Waals surface area contributed by atoms with Gasteiger partial charge in [-0.2, -0.15) is 5.10 Å². The van der Waals surface area contributed by atoms with Gasteiger partial charge in [-0.05, 0) is 36.4 Å². The van der Waals surface area contributed by atoms with E-state index in [1.807, 2.05) is 29.6 Å². The summed E-state index contributed by atoms with van der Waals surface area (Å²) in [6.45, 7) is 0. The molecule has 2 N–H and O–H groups in total. The number of H-pyrrole nitrogens is 1. The smallest absolute Gasteiger partial charge is 0.263 e. The lowest BCUT2D eigenvalue weighted by Gasteiger charge is -2.11. The van der Waals surface area contributed by atoms with Crippen LogP contribution in [0.2, 0.25) is 0 Å². The van der Waals surface area contributed by atoms with Crippen LogP contribution in [-0.4, -0.2) is 33.3 Å². The molecule has 5 aromatic rings. The number of aromatic amines is 1. The number of hydrogen-bond acceptors (Lipinski definition) is 6. The Morgan fingerprint density at radius 1 is 0.875 bits per heavy atom. The van der Waals surface area contributed by atoms with Crippen LogP contribution in [0.5, 0.6) is 0 Å². The van der Waals surface area contributed by atoms with Crippen molar-refractivity contribution in [1.29, 1.82) is 0 Å². The van der Waals surface area contributed by atoms with E-state index in [1.165, 1.54) is 24.3 Å². The highest BCUT2D eigenvalue weighted by Gasteiger charge is 2.24. The summed E-state index contributed by atoms with van der Waals surface area (Å²) in [6.07, 6.45) is 0.982. The van der Waals surface area contributed by atoms with Crippen molar-refractivity contribution in [3.8, 4) is 11.3 Å². The minimum atomic E-state index is -4.14. The van der Waals surface area contributed by atoms with Gasteiger partial charge in [0.25, 0.3) is 10.0 Å². The lowest BCUT2D eigenvalue weighted by atomic mass is 10.1. The maximum Gasteiger partial charge on any atom is 0.263 e. The van der Waals surface area contributed by atoms with Crippen molar-refractivity contribution in [3.05, 3.63) is 72.1 Å². The number of fused-ring (bicyclic) bond motifs is 2. The monoisotopic (exact) mass is 483 g/mol. The van der Waals surface area contributed by atoms with E-state index in [2.05, 4.69) is 14.9 Å². The molecular weight excluding hydrogens is 466 g/mol. The second-order valence-corrected chi connectivity index (χ2v) is 11.8. The minimum absolute atomic E-state index is 0.248. The molecule has 32 heavy (non-hydrogen) atoms. The Kier molecular flexibility index (Phi) is 4.81. The van der Waals surface area contributed by atoms with E-state index in [9.17, 15) is 16.8 Å². The molecule has 5 rings (SSSR count). The molecular formula is C22H17N3O4S3. The Hall–Kier alpha value is -3.21. The van der Waals surface area contributed by atoms with Crippen LogP contribution >= 0.6 is 11.3 Å². The first-order chi connectivity index (χ1) is 15.2. The normalized spacial score (nSPS) is 12.4. The summed E-state index contributed by atoms with van der Waals surface area (Å²) in [5.74, 6) is 0. The summed E-state index contributed by atoms with van der Waals surface area (Å²) in [5, 5.41) is 11.3. The molecule has 0 saturated heterocycles. The molecule has 2 heterocycles. The van der Waals surface area contributed by atoms with Crippen LogP contribution in [-0.2, 0) is 19.9 Å². The highest BCUT2D eigenvalue weighted by atomic mass is 32.2. The van der Waals surface area contributed by atoms with Gasteiger partial charge in [-0.3, -0.25) is 9.82 Å². The number of sulfonamides is 1. The third kappa shape index (κ3) is 3.56. The third-order valence-corrected chi connectivity index (χ3v) is 8.78. The zero-order chi connectivity index (χ0) is 22.5. The van der Waals surface area contributed by atoms with Crippen LogP contribution in [0.3, 0.4) is 0 Å². The molecule has 0 bridgehead atoms. The van der Waals surface area contributed by atoms with Crippen LogP contribution in [0, 0.1) is 0 Å². The standard InChI is InChI=1S/C22H17N3O4S3/c1-31(26,27)20-8-4-5-9-21(20)32(28,29)25-14-10-11-18-16(12-14)22(24-23-18)17-13-30-19-7-3-2-6-15(17)19/h2-13,25H,1H3,(H,23,24). The van der Waals surface area contributed by atoms with Gasteiger partial charge in [0.1, 0.15) is 10.6 Å². The summed E-state index contributed by atoms with van der Waals surface area (Å²) in [7, 11) is -7.86. The number of thiophene rings is 1. The topological polar surface area (TPSA) is 109 Å². The molecule has 0 aliphatic heterocycles. The number of aromatic nitrogens is 2. The predicted octanol–water partition coefficient (Wildman–Crippen LogP) is 4.65. The van der Waals surface area contributed by atoms with Gasteiger partial charge in [0.05, 0.1) is 10.4 Å². The van der Waals surface area contributed by atoms with Crippen LogP contribution < -0.4 is 4.72 Å². The average Bonchev–Trinajstić information content (AvgIpc) is 3.36. The maximum absolute atomic E-state index is 13.0. The van der Waals surface area contributed by atoms with Crippen LogP contribution in [0.1, 0.15) is 0 Å². The molecule has 0 aliphatic rings. The number of nitrogens with zero attached hydrogens (tertiary/aromatic N) is 1. The number of sulfone groups is 1. The number of benzene rings is 3. The summed E-state index contributed by atoms with van der Waals surface area (Å²) < 4.78 is 53.9. The quantitative estimate of drug-likeness (QED) is 0.378. The van der Waals surface area contributed by atoms with Crippen LogP contribution in [0.15, 0.2) is 81.9 Å². The van der Waals surface area contributed by atoms with Crippen molar-refractivity contribution >= 4 is 57.9 Å². The van der Waals surface area contributed by atoms with Gasteiger partial charge < -0.3 is 0 Å². The fourth-order valence-corrected chi connectivity index (χ4v) is 7.26. The first kappa shape index (κ1) is 20.7. The second-order valence-electron chi connectivity index (χ2n) is 7.30. The first-order valence-corrected chi connectivity index (χ1v) is 13.8. The van der Waals surface area contributed by atoms with Crippen molar-refractivity contribution in [2.24, 2.45) is 0 Å². The summed E-state index contributed by atoms with van der Waals surface area (Å²) in [4.78, 5) is -0.541. The zero-order valence-corrected chi connectivity index (χ0v) is 19.2. The Labute approximate surface area is 188 Å². The summed E-state index contributed by atoms with van der Waals surface area (Å²) >= 11 is 1.61. The average molecular weight is 484 g/mol. The molecule has 162 valence electrons. The molecule has 7 nitrogen and oxygen atoms in total. The van der Waals surface area contributed by atoms with Crippen molar-refractivity contribution in [3.63, 3.8) is 0 Å². The van der Waals surface area contributed by atoms with E-state index < -0.39 is 19.9 Å². The molecule has 0 fully saturated rings. The van der Waals surface area contributed by atoms with Crippen LogP contribution in [0.4, 0.5) is 5.69 Å². The predicted molar refractivity (Wildman–Crippen MR) is 127 cm³/mol. The molecule has 0 saturated carbocycles. The van der Waals surface area contributed by atoms with E-state index in [0.717, 1.165) is 38.5 Å². The number of rotatable bonds is 5. The van der Waals surface area contributed by atoms with E-state index in [-0.39, 0.29) is 9.79 Å². The van der Waals surface area contributed by atoms with Crippen molar-refractivity contribution in [1.82, 2.24) is 10.2 Å². The Morgan fingerprint density at radius 2 is 1.59 bits per heavy atom. The SMILES string of the molecule is CS(=O)(=O)c1ccccc1S(=O)(=O)Nc1ccc2[nH]nc(-c3csc4ccccc34)c2c1. The summed E-state index contributed by atoms with van der Waals surface area (Å²) in [6, 6.07) is 18.6. The summed E-state index contributed by atoms with van der Waals surface area (Å²) in [5.41, 5.74) is 2.74. The Bertz CT molecular complexity index is 1700. The zero-order valence-electron chi connectivity index (χ0n) is 16.7. The molecule has 2 aromatic heterocycles. The molecule has 0 atom stereocenters. The molecule has 0 radical (unpaired) electrons. The van der Waals surface area contributed by atoms with E-state index in [0.29, 0.717) is 5.69 Å². The van der Waals surface area contributed by atoms with Gasteiger partial charge >= 0.3 is 0 Å². The van der Waals surface area contributed by atoms with Crippen molar-refractivity contribution in [2.45, 2.75) is 9.79 Å². The molecule has 0 spiro atoms. The van der Waals surface area contributed by atoms with Gasteiger partial charge in [0.2, 0.25) is 0 Å². The van der Waals surface area contributed by atoms with Crippen LogP contribution in [0.25, 0.3) is 32.2 Å². The second kappa shape index (κ2) is 7.44. The van der Waals surface area contributed by atoms with Gasteiger partial charge in [-0.1, -0.05) is 30.3 Å². The van der Waals surface area contributed by atoms with E-state index in [1.54, 1.807) is 29.5 Å². The fourth-order valence-electron chi connectivity index (χ4n) is 3.63. The molecule has 0 amide bonds. The molecule has 3 aromatic carbocycles. The van der Waals surface area contributed by atoms with Gasteiger partial charge in [0, 0.05) is 38.4 Å². The highest BCUT2D eigenvalue weighted by molar-refractivity contribution is 7.95. The van der Waals surface area contributed by atoms with Gasteiger partial charge in [-0.15, -0.1) is 11.3 Å². The molecule has 0 unspecified atom stereocenters. The largest absolute Gasteiger partial charge is 0.280 e. The number of anilines is 1. The van der Waals surface area contributed by atoms with Gasteiger partial charge in [-0.25, -0.2) is 16.8 Å². The Balaban J connectivity index is 1.59. The minimum Gasteiger partial charge on any atom is -0.280 e. The molecule has 10 heteroatoms. The third-order valence-electron chi connectivity index (χ3n) is 5.09. The highest BCUT2D eigenvalue weighted by Crippen LogP contribution is 2.37. The molecule has 0 aliphatic carbocycles. The lowest BCUT2D eigenvalue weighted by Crippen LogP contribution is -2.16. The number of nitrogens with one attached hydrogen (secondary N) is 2. The van der Waals surface area contributed by atoms with Crippen molar-refractivity contribution in [2.75, 3.05) is 11.0 Å². The Morgan fingerprint density at radius 3 is 2.38 bits per heavy atom. The van der Waals surface area contributed by atoms with E-state index in [4.69, 9.17) is 0 Å². The fraction of sp³-hybridized carbons (Fsp3) is 0.0455. The maximum atomic E-state index is 13.0. The van der Waals surface area contributed by atoms with Gasteiger partial charge in [0.15, 0.2) is 9.84 Å². The number of hydrogen-bond donors (Lipinski definition) is 2. The van der Waals surface area contributed by atoms with Crippen molar-refractivity contribution < 1.29 is 16.8 Å².